The molecule has 2 aliphatic rings. The highest BCUT2D eigenvalue weighted by Crippen LogP contribution is 2.62. The van der Waals surface area contributed by atoms with E-state index in [0.717, 1.165) is 25.1 Å². The second kappa shape index (κ2) is 3.41. The molecule has 0 amide bonds. The number of nitrogens with zero attached hydrogens (tertiary/aromatic N) is 1. The first-order chi connectivity index (χ1) is 7.30. The predicted molar refractivity (Wildman–Crippen MR) is 66.8 cm³/mol. The lowest BCUT2D eigenvalue weighted by Crippen LogP contribution is -2.33. The fraction of sp³-hybridized carbons (Fsp3) is 0.857. The van der Waals surface area contributed by atoms with E-state index in [1.54, 1.807) is 0 Å². The lowest BCUT2D eigenvalue weighted by molar-refractivity contribution is -0.123. The molecule has 0 unspecified atom stereocenters. The summed E-state index contributed by atoms with van der Waals surface area (Å²) in [5.74, 6) is 1.27. The van der Waals surface area contributed by atoms with Gasteiger partial charge in [0.05, 0.1) is 5.71 Å². The molecule has 0 aromatic heterocycles. The normalized spacial score (nSPS) is 39.0. The Bertz CT molecular complexity index is 354. The van der Waals surface area contributed by atoms with Gasteiger partial charge in [-0.1, -0.05) is 34.6 Å². The van der Waals surface area contributed by atoms with Gasteiger partial charge in [0.2, 0.25) is 0 Å². The van der Waals surface area contributed by atoms with E-state index in [4.69, 9.17) is 0 Å². The third kappa shape index (κ3) is 1.31. The van der Waals surface area contributed by atoms with Gasteiger partial charge in [0.1, 0.15) is 0 Å². The van der Waals surface area contributed by atoms with Gasteiger partial charge in [-0.05, 0) is 24.2 Å². The van der Waals surface area contributed by atoms with Crippen LogP contribution in [0.15, 0.2) is 4.99 Å². The Hall–Kier alpha value is -0.660. The van der Waals surface area contributed by atoms with Crippen molar-refractivity contribution in [3.63, 3.8) is 0 Å². The molecule has 0 radical (unpaired) electrons. The number of rotatable bonds is 2. The van der Waals surface area contributed by atoms with Crippen LogP contribution >= 0.6 is 0 Å². The molecule has 2 aliphatic carbocycles. The molecular weight excluding hydrogens is 198 g/mol. The zero-order valence-electron chi connectivity index (χ0n) is 11.1. The molecule has 0 aliphatic heterocycles. The molecule has 2 atom stereocenters. The van der Waals surface area contributed by atoms with Gasteiger partial charge in [-0.2, -0.15) is 0 Å². The van der Waals surface area contributed by atoms with Crippen molar-refractivity contribution in [2.24, 2.45) is 27.7 Å². The van der Waals surface area contributed by atoms with Gasteiger partial charge in [0, 0.05) is 17.9 Å². The molecule has 0 heterocycles. The second-order valence-electron chi connectivity index (χ2n) is 6.59. The Morgan fingerprint density at radius 2 is 2.00 bits per heavy atom. The molecule has 0 N–H and O–H groups in total. The standard InChI is InChI=1S/C14H23NO/c1-9(2)8-15-11-10-6-7-14(5,12(11)16)13(10,3)4/h9-10H,6-8H2,1-5H3/t10-,14+/m1/s1. The number of ketones is 1. The fourth-order valence-corrected chi connectivity index (χ4v) is 3.29. The Balaban J connectivity index is 2.33. The lowest BCUT2D eigenvalue weighted by Gasteiger charge is -2.31. The molecular formula is C14H23NO. The largest absolute Gasteiger partial charge is 0.292 e. The number of hydrogen-bond donors (Lipinski definition) is 0. The summed E-state index contributed by atoms with van der Waals surface area (Å²) in [5, 5.41) is 0. The van der Waals surface area contributed by atoms with Crippen LogP contribution in [0.1, 0.15) is 47.5 Å². The van der Waals surface area contributed by atoms with Gasteiger partial charge in [0.15, 0.2) is 5.78 Å². The zero-order chi connectivity index (χ0) is 12.1. The average Bonchev–Trinajstić information content (AvgIpc) is 2.47. The van der Waals surface area contributed by atoms with Crippen LogP contribution < -0.4 is 0 Å². The summed E-state index contributed by atoms with van der Waals surface area (Å²) in [4.78, 5) is 17.0. The highest BCUT2D eigenvalue weighted by molar-refractivity contribution is 6.45. The third-order valence-electron chi connectivity index (χ3n) is 4.92. The lowest BCUT2D eigenvalue weighted by atomic mass is 9.70. The minimum absolute atomic E-state index is 0.111. The van der Waals surface area contributed by atoms with Gasteiger partial charge >= 0.3 is 0 Å². The molecule has 90 valence electrons. The highest BCUT2D eigenvalue weighted by Gasteiger charge is 2.64. The number of carbonyl (C=O) groups is 1. The summed E-state index contributed by atoms with van der Waals surface area (Å²) in [6.45, 7) is 11.7. The molecule has 2 saturated carbocycles. The minimum Gasteiger partial charge on any atom is -0.292 e. The monoisotopic (exact) mass is 221 g/mol. The molecule has 2 nitrogen and oxygen atoms in total. The molecule has 2 bridgehead atoms. The zero-order valence-corrected chi connectivity index (χ0v) is 11.1. The predicted octanol–water partition coefficient (Wildman–Crippen LogP) is 3.11. The van der Waals surface area contributed by atoms with Gasteiger partial charge in [-0.25, -0.2) is 0 Å². The maximum Gasteiger partial charge on any atom is 0.183 e. The van der Waals surface area contributed by atoms with Crippen molar-refractivity contribution in [2.45, 2.75) is 47.5 Å². The van der Waals surface area contributed by atoms with Crippen LogP contribution in [-0.4, -0.2) is 18.0 Å². The fourth-order valence-electron chi connectivity index (χ4n) is 3.29. The third-order valence-corrected chi connectivity index (χ3v) is 4.92. The number of fused-ring (bicyclic) bond motifs is 2. The summed E-state index contributed by atoms with van der Waals surface area (Å²) in [6.07, 6.45) is 2.19. The Morgan fingerprint density at radius 1 is 1.38 bits per heavy atom. The summed E-state index contributed by atoms with van der Waals surface area (Å²) in [5.41, 5.74) is 0.861. The van der Waals surface area contributed by atoms with Gasteiger partial charge in [-0.15, -0.1) is 0 Å². The van der Waals surface area contributed by atoms with Crippen LogP contribution in [0.5, 0.6) is 0 Å². The molecule has 0 aromatic rings. The number of hydrogen-bond acceptors (Lipinski definition) is 2. The smallest absolute Gasteiger partial charge is 0.183 e. The second-order valence-corrected chi connectivity index (χ2v) is 6.59. The molecule has 2 heteroatoms. The van der Waals surface area contributed by atoms with Crippen molar-refractivity contribution < 1.29 is 4.79 Å². The van der Waals surface area contributed by atoms with E-state index in [2.05, 4.69) is 39.6 Å². The van der Waals surface area contributed by atoms with E-state index in [1.165, 1.54) is 0 Å². The van der Waals surface area contributed by atoms with Crippen LogP contribution in [0.3, 0.4) is 0 Å². The summed E-state index contributed by atoms with van der Waals surface area (Å²) >= 11 is 0. The van der Waals surface area contributed by atoms with E-state index in [0.29, 0.717) is 17.6 Å². The summed E-state index contributed by atoms with van der Waals surface area (Å²) in [7, 11) is 0. The Kier molecular flexibility index (Phi) is 2.52. The molecule has 0 spiro atoms. The van der Waals surface area contributed by atoms with Gasteiger partial charge in [-0.3, -0.25) is 9.79 Å². The van der Waals surface area contributed by atoms with E-state index in [1.807, 2.05) is 0 Å². The number of Topliss-reactive ketones (excluding diaryl/α,β-unsaturated/α-hetero) is 1. The highest BCUT2D eigenvalue weighted by atomic mass is 16.1. The van der Waals surface area contributed by atoms with Gasteiger partial charge < -0.3 is 0 Å². The van der Waals surface area contributed by atoms with E-state index in [-0.39, 0.29) is 10.8 Å². The maximum absolute atomic E-state index is 12.4. The summed E-state index contributed by atoms with van der Waals surface area (Å²) in [6, 6.07) is 0. The number of aliphatic imine (C=N–C) groups is 1. The summed E-state index contributed by atoms with van der Waals surface area (Å²) < 4.78 is 0. The quantitative estimate of drug-likeness (QED) is 0.704. The van der Waals surface area contributed by atoms with E-state index >= 15 is 0 Å². The molecule has 2 rings (SSSR count). The molecule has 0 saturated heterocycles. The van der Waals surface area contributed by atoms with Crippen molar-refractivity contribution >= 4 is 11.5 Å². The van der Waals surface area contributed by atoms with E-state index in [9.17, 15) is 4.79 Å². The molecule has 2 fully saturated rings. The first kappa shape index (κ1) is 11.8. The van der Waals surface area contributed by atoms with E-state index < -0.39 is 0 Å². The average molecular weight is 221 g/mol. The van der Waals surface area contributed by atoms with Crippen molar-refractivity contribution in [1.29, 1.82) is 0 Å². The minimum atomic E-state index is -0.145. The maximum atomic E-state index is 12.4. The SMILES string of the molecule is CC(C)CN=C1C(=O)[C@]2(C)CC[C@H]1C2(C)C. The van der Waals surface area contributed by atoms with Crippen molar-refractivity contribution in [2.75, 3.05) is 6.54 Å². The van der Waals surface area contributed by atoms with Crippen molar-refractivity contribution in [3.05, 3.63) is 0 Å². The van der Waals surface area contributed by atoms with Crippen LogP contribution in [0, 0.1) is 22.7 Å². The Labute approximate surface area is 98.5 Å². The Morgan fingerprint density at radius 3 is 2.44 bits per heavy atom. The first-order valence-electron chi connectivity index (χ1n) is 6.40. The van der Waals surface area contributed by atoms with Crippen LogP contribution in [0.2, 0.25) is 0 Å². The number of carbonyl (C=O) groups excluding carboxylic acids is 1. The van der Waals surface area contributed by atoms with Crippen molar-refractivity contribution in [3.8, 4) is 0 Å². The topological polar surface area (TPSA) is 29.4 Å². The van der Waals surface area contributed by atoms with Crippen molar-refractivity contribution in [1.82, 2.24) is 0 Å². The van der Waals surface area contributed by atoms with Crippen LogP contribution in [-0.2, 0) is 4.79 Å². The first-order valence-corrected chi connectivity index (χ1v) is 6.40. The van der Waals surface area contributed by atoms with Gasteiger partial charge in [0.25, 0.3) is 0 Å². The molecule has 16 heavy (non-hydrogen) atoms. The van der Waals surface area contributed by atoms with Crippen LogP contribution in [0.4, 0.5) is 0 Å². The van der Waals surface area contributed by atoms with Crippen LogP contribution in [0.25, 0.3) is 0 Å². The molecule has 0 aromatic carbocycles.